The highest BCUT2D eigenvalue weighted by molar-refractivity contribution is 5.99. The van der Waals surface area contributed by atoms with Crippen molar-refractivity contribution >= 4 is 23.1 Å². The summed E-state index contributed by atoms with van der Waals surface area (Å²) in [7, 11) is 2.27. The molecule has 3 aromatic heterocycles. The summed E-state index contributed by atoms with van der Waals surface area (Å²) in [6.07, 6.45) is 10.1. The number of aromatic nitrogens is 3. The fourth-order valence-corrected chi connectivity index (χ4v) is 5.69. The van der Waals surface area contributed by atoms with Crippen LogP contribution in [-0.2, 0) is 14.9 Å². The minimum absolute atomic E-state index is 0.231. The molecule has 0 radical (unpaired) electrons. The summed E-state index contributed by atoms with van der Waals surface area (Å²) in [6.45, 7) is 3.71. The Morgan fingerprint density at radius 1 is 1.19 bits per heavy atom. The van der Waals surface area contributed by atoms with Crippen LogP contribution in [0.2, 0.25) is 0 Å². The Balaban J connectivity index is 1.15. The quantitative estimate of drug-likeness (QED) is 0.531. The second-order valence-electron chi connectivity index (χ2n) is 10.8. The van der Waals surface area contributed by atoms with Gasteiger partial charge in [0.25, 0.3) is 5.56 Å². The molecule has 5 heterocycles. The van der Waals surface area contributed by atoms with Crippen LogP contribution in [0, 0.1) is 5.92 Å². The van der Waals surface area contributed by atoms with Crippen LogP contribution in [0.3, 0.4) is 0 Å². The summed E-state index contributed by atoms with van der Waals surface area (Å²) in [5, 5.41) is 2.84. The predicted octanol–water partition coefficient (Wildman–Crippen LogP) is 2.70. The Hall–Kier alpha value is -3.30. The third kappa shape index (κ3) is 4.62. The molecule has 9 nitrogen and oxygen atoms in total. The van der Waals surface area contributed by atoms with E-state index in [-0.39, 0.29) is 30.5 Å². The van der Waals surface area contributed by atoms with Gasteiger partial charge in [-0.25, -0.2) is 4.98 Å². The number of hydrogen-bond donors (Lipinski definition) is 1. The van der Waals surface area contributed by atoms with Crippen molar-refractivity contribution in [3.8, 4) is 0 Å². The molecule has 2 saturated heterocycles. The molecule has 2 aliphatic heterocycles. The largest absolute Gasteiger partial charge is 0.378 e. The maximum Gasteiger partial charge on any atom is 0.259 e. The maximum atomic E-state index is 13.4. The van der Waals surface area contributed by atoms with E-state index in [1.54, 1.807) is 24.4 Å². The van der Waals surface area contributed by atoms with Crippen LogP contribution in [0.4, 0.5) is 11.5 Å². The van der Waals surface area contributed by atoms with Crippen molar-refractivity contribution in [2.75, 3.05) is 50.1 Å². The van der Waals surface area contributed by atoms with Crippen LogP contribution in [0.15, 0.2) is 53.6 Å². The summed E-state index contributed by atoms with van der Waals surface area (Å²) in [4.78, 5) is 40.0. The molecule has 3 fully saturated rings. The number of amides is 1. The maximum absolute atomic E-state index is 13.4. The fourth-order valence-electron chi connectivity index (χ4n) is 5.69. The number of hydrogen-bond acceptors (Lipinski definition) is 7. The lowest BCUT2D eigenvalue weighted by molar-refractivity contribution is -0.140. The molecule has 0 spiro atoms. The molecule has 37 heavy (non-hydrogen) atoms. The van der Waals surface area contributed by atoms with Gasteiger partial charge in [0.2, 0.25) is 5.91 Å². The molecule has 0 aromatic carbocycles. The van der Waals surface area contributed by atoms with Crippen molar-refractivity contribution in [2.45, 2.75) is 43.6 Å². The first-order chi connectivity index (χ1) is 18.0. The predicted molar refractivity (Wildman–Crippen MR) is 142 cm³/mol. The number of ether oxygens (including phenoxy) is 1. The minimum Gasteiger partial charge on any atom is -0.378 e. The Labute approximate surface area is 216 Å². The zero-order chi connectivity index (χ0) is 25.4. The third-order valence-electron chi connectivity index (χ3n) is 8.34. The molecule has 3 aromatic rings. The van der Waals surface area contributed by atoms with Crippen molar-refractivity contribution < 1.29 is 9.53 Å². The number of nitrogens with zero attached hydrogens (tertiary/aromatic N) is 5. The Kier molecular flexibility index (Phi) is 6.42. The van der Waals surface area contributed by atoms with Gasteiger partial charge >= 0.3 is 0 Å². The number of likely N-dealkylation sites (N-methyl/N-ethyl adjacent to an activating group) is 1. The number of carbonyl (C=O) groups is 1. The molecule has 9 heteroatoms. The SMILES string of the molecule is CN(CC1CCC1)[C@@H]1CCCN(c2ccc(C3(C(=O)Nc4cc(=O)n5ccccc5n4)COC3)nc2)C1. The van der Waals surface area contributed by atoms with Gasteiger partial charge in [-0.1, -0.05) is 12.5 Å². The van der Waals surface area contributed by atoms with Gasteiger partial charge in [-0.05, 0) is 62.9 Å². The first-order valence-corrected chi connectivity index (χ1v) is 13.3. The molecule has 0 unspecified atom stereocenters. The van der Waals surface area contributed by atoms with E-state index >= 15 is 0 Å². The highest BCUT2D eigenvalue weighted by atomic mass is 16.5. The molecule has 1 aliphatic carbocycles. The van der Waals surface area contributed by atoms with Gasteiger partial charge in [-0.15, -0.1) is 0 Å². The monoisotopic (exact) mass is 502 g/mol. The molecular weight excluding hydrogens is 468 g/mol. The normalized spacial score (nSPS) is 21.5. The first-order valence-electron chi connectivity index (χ1n) is 13.3. The molecule has 6 rings (SSSR count). The molecule has 3 aliphatic rings. The summed E-state index contributed by atoms with van der Waals surface area (Å²) in [5.41, 5.74) is 1.10. The average molecular weight is 503 g/mol. The zero-order valence-corrected chi connectivity index (χ0v) is 21.3. The van der Waals surface area contributed by atoms with Gasteiger partial charge in [0.05, 0.1) is 30.8 Å². The van der Waals surface area contributed by atoms with Crippen LogP contribution >= 0.6 is 0 Å². The number of piperidine rings is 1. The van der Waals surface area contributed by atoms with Gasteiger partial charge in [0.15, 0.2) is 0 Å². The number of pyridine rings is 2. The zero-order valence-electron chi connectivity index (χ0n) is 21.3. The number of rotatable bonds is 7. The lowest BCUT2D eigenvalue weighted by Gasteiger charge is -2.41. The van der Waals surface area contributed by atoms with Crippen LogP contribution < -0.4 is 15.8 Å². The van der Waals surface area contributed by atoms with E-state index in [9.17, 15) is 9.59 Å². The van der Waals surface area contributed by atoms with Crippen molar-refractivity contribution in [3.05, 3.63) is 64.8 Å². The summed E-state index contributed by atoms with van der Waals surface area (Å²) in [6, 6.07) is 11.2. The van der Waals surface area contributed by atoms with E-state index in [1.165, 1.54) is 49.1 Å². The standard InChI is InChI=1S/C28H34N6O3/c1-32(16-20-6-4-7-20)22-8-5-12-33(17-22)21-10-11-23(29-15-21)28(18-37-19-28)27(36)31-24-14-26(35)34-13-3-2-9-25(34)30-24/h2-3,9-11,13-15,20,22H,4-8,12,16-19H2,1H3,(H,31,36)/t22-/m1/s1. The molecule has 1 amide bonds. The topological polar surface area (TPSA) is 92.1 Å². The van der Waals surface area contributed by atoms with Gasteiger partial charge in [0.1, 0.15) is 16.9 Å². The number of carbonyl (C=O) groups excluding carboxylic acids is 1. The first kappa shape index (κ1) is 24.1. The number of fused-ring (bicyclic) bond motifs is 1. The second kappa shape index (κ2) is 9.87. The third-order valence-corrected chi connectivity index (χ3v) is 8.34. The van der Waals surface area contributed by atoms with Crippen molar-refractivity contribution in [3.63, 3.8) is 0 Å². The molecule has 0 bridgehead atoms. The Bertz CT molecular complexity index is 1330. The summed E-state index contributed by atoms with van der Waals surface area (Å²) < 4.78 is 6.91. The summed E-state index contributed by atoms with van der Waals surface area (Å²) >= 11 is 0. The number of anilines is 2. The molecule has 1 N–H and O–H groups in total. The van der Waals surface area contributed by atoms with E-state index in [4.69, 9.17) is 9.72 Å². The van der Waals surface area contributed by atoms with Gasteiger partial charge in [-0.2, -0.15) is 0 Å². The van der Waals surface area contributed by atoms with Crippen molar-refractivity contribution in [1.82, 2.24) is 19.3 Å². The molecule has 1 atom stereocenters. The van der Waals surface area contributed by atoms with Crippen molar-refractivity contribution in [2.24, 2.45) is 5.92 Å². The second-order valence-corrected chi connectivity index (χ2v) is 10.8. The lowest BCUT2D eigenvalue weighted by atomic mass is 9.81. The number of nitrogens with one attached hydrogen (secondary N) is 1. The Morgan fingerprint density at radius 2 is 2.05 bits per heavy atom. The van der Waals surface area contributed by atoms with Crippen LogP contribution in [0.1, 0.15) is 37.8 Å². The van der Waals surface area contributed by atoms with E-state index in [0.29, 0.717) is 17.4 Å². The van der Waals surface area contributed by atoms with E-state index in [2.05, 4.69) is 33.2 Å². The molecular formula is C28H34N6O3. The molecule has 194 valence electrons. The van der Waals surface area contributed by atoms with E-state index < -0.39 is 5.41 Å². The van der Waals surface area contributed by atoms with Gasteiger partial charge in [0, 0.05) is 37.9 Å². The van der Waals surface area contributed by atoms with Gasteiger partial charge in [-0.3, -0.25) is 19.0 Å². The van der Waals surface area contributed by atoms with Crippen molar-refractivity contribution in [1.29, 1.82) is 0 Å². The molecule has 1 saturated carbocycles. The smallest absolute Gasteiger partial charge is 0.259 e. The van der Waals surface area contributed by atoms with Crippen LogP contribution in [-0.4, -0.2) is 71.1 Å². The fraction of sp³-hybridized carbons (Fsp3) is 0.500. The average Bonchev–Trinajstić information content (AvgIpc) is 2.86. The van der Waals surface area contributed by atoms with E-state index in [0.717, 1.165) is 24.7 Å². The van der Waals surface area contributed by atoms with Gasteiger partial charge < -0.3 is 19.9 Å². The summed E-state index contributed by atoms with van der Waals surface area (Å²) in [5.74, 6) is 0.841. The lowest BCUT2D eigenvalue weighted by Crippen LogP contribution is -2.56. The highest BCUT2D eigenvalue weighted by Gasteiger charge is 2.49. The van der Waals surface area contributed by atoms with Crippen LogP contribution in [0.5, 0.6) is 0 Å². The van der Waals surface area contributed by atoms with Crippen LogP contribution in [0.25, 0.3) is 5.65 Å². The van der Waals surface area contributed by atoms with E-state index in [1.807, 2.05) is 12.3 Å². The Morgan fingerprint density at radius 3 is 2.76 bits per heavy atom. The minimum atomic E-state index is -0.893. The highest BCUT2D eigenvalue weighted by Crippen LogP contribution is 2.34.